The molecule has 2 aromatic rings. The van der Waals surface area contributed by atoms with Crippen molar-refractivity contribution in [1.82, 2.24) is 35.5 Å². The molecule has 0 aliphatic heterocycles. The summed E-state index contributed by atoms with van der Waals surface area (Å²) in [6, 6.07) is 0. The zero-order chi connectivity index (χ0) is 15.2. The molecule has 21 heavy (non-hydrogen) atoms. The number of nitrogens with one attached hydrogen (secondary N) is 2. The summed E-state index contributed by atoms with van der Waals surface area (Å²) in [6.07, 6.45) is 2.94. The molecule has 0 bridgehead atoms. The van der Waals surface area contributed by atoms with E-state index in [4.69, 9.17) is 5.11 Å². The average molecular weight is 293 g/mol. The van der Waals surface area contributed by atoms with Crippen molar-refractivity contribution >= 4 is 11.9 Å². The molecule has 0 fully saturated rings. The van der Waals surface area contributed by atoms with E-state index in [2.05, 4.69) is 30.8 Å². The Kier molecular flexibility index (Phi) is 4.59. The van der Waals surface area contributed by atoms with Crippen LogP contribution in [0.5, 0.6) is 0 Å². The Morgan fingerprint density at radius 3 is 2.95 bits per heavy atom. The molecule has 2 rings (SSSR count). The first kappa shape index (κ1) is 14.6. The van der Waals surface area contributed by atoms with Gasteiger partial charge in [0, 0.05) is 13.0 Å². The molecule has 112 valence electrons. The van der Waals surface area contributed by atoms with Crippen molar-refractivity contribution in [3.63, 3.8) is 0 Å². The molecule has 0 spiro atoms. The van der Waals surface area contributed by atoms with Gasteiger partial charge in [-0.2, -0.15) is 0 Å². The van der Waals surface area contributed by atoms with Crippen molar-refractivity contribution in [2.45, 2.75) is 26.3 Å². The number of H-pyrrole nitrogens is 1. The van der Waals surface area contributed by atoms with Crippen molar-refractivity contribution in [3.8, 4) is 0 Å². The lowest BCUT2D eigenvalue weighted by atomic mass is 10.3. The molecule has 2 aromatic heterocycles. The Hall–Kier alpha value is -2.78. The van der Waals surface area contributed by atoms with Crippen LogP contribution in [0.2, 0.25) is 0 Å². The van der Waals surface area contributed by atoms with Crippen LogP contribution < -0.4 is 5.32 Å². The van der Waals surface area contributed by atoms with E-state index in [1.165, 1.54) is 10.9 Å². The van der Waals surface area contributed by atoms with E-state index in [0.29, 0.717) is 12.4 Å². The number of carbonyl (C=O) groups is 2. The second kappa shape index (κ2) is 6.59. The van der Waals surface area contributed by atoms with Crippen LogP contribution in [0.4, 0.5) is 0 Å². The lowest BCUT2D eigenvalue weighted by Crippen LogP contribution is -2.28. The third kappa shape index (κ3) is 3.84. The average Bonchev–Trinajstić information content (AvgIpc) is 3.08. The first-order chi connectivity index (χ1) is 10.1. The second-order valence-corrected chi connectivity index (χ2v) is 4.28. The van der Waals surface area contributed by atoms with E-state index in [-0.39, 0.29) is 18.1 Å². The highest BCUT2D eigenvalue weighted by Gasteiger charge is 2.12. The highest BCUT2D eigenvalue weighted by Crippen LogP contribution is 1.96. The fourth-order valence-electron chi connectivity index (χ4n) is 1.61. The Balaban J connectivity index is 1.81. The summed E-state index contributed by atoms with van der Waals surface area (Å²) in [5.74, 6) is -0.782. The van der Waals surface area contributed by atoms with Gasteiger partial charge < -0.3 is 10.4 Å². The van der Waals surface area contributed by atoms with Crippen molar-refractivity contribution in [2.24, 2.45) is 0 Å². The van der Waals surface area contributed by atoms with Gasteiger partial charge in [-0.1, -0.05) is 12.1 Å². The van der Waals surface area contributed by atoms with Crippen LogP contribution in [-0.2, 0) is 13.0 Å². The molecule has 0 unspecified atom stereocenters. The molecule has 0 aliphatic carbocycles. The number of carboxylic acids is 1. The molecule has 0 aliphatic rings. The number of hydrogen-bond donors (Lipinski definition) is 3. The van der Waals surface area contributed by atoms with Gasteiger partial charge in [-0.3, -0.25) is 9.89 Å². The van der Waals surface area contributed by atoms with Gasteiger partial charge in [0.25, 0.3) is 5.91 Å². The molecular formula is C11H15N7O3. The van der Waals surface area contributed by atoms with Crippen LogP contribution in [0.3, 0.4) is 0 Å². The smallest absolute Gasteiger partial charge is 0.358 e. The standard InChI is InChI=1S/C11H15N7O3/c1-2-3-8-13-9(16-15-8)10(19)12-4-5-18-6-7(11(20)21)14-17-18/h6H,2-5H2,1H3,(H,12,19)(H,20,21)(H,13,15,16). The van der Waals surface area contributed by atoms with Gasteiger partial charge in [-0.25, -0.2) is 14.5 Å². The third-order valence-electron chi connectivity index (χ3n) is 2.61. The van der Waals surface area contributed by atoms with Crippen molar-refractivity contribution < 1.29 is 14.7 Å². The number of aromatic nitrogens is 6. The number of aromatic carboxylic acids is 1. The van der Waals surface area contributed by atoms with Gasteiger partial charge in [0.05, 0.1) is 12.7 Å². The van der Waals surface area contributed by atoms with Crippen LogP contribution in [0.1, 0.15) is 40.3 Å². The van der Waals surface area contributed by atoms with Gasteiger partial charge in [-0.05, 0) is 6.42 Å². The Labute approximate surface area is 119 Å². The Morgan fingerprint density at radius 2 is 2.29 bits per heavy atom. The normalized spacial score (nSPS) is 10.5. The maximum Gasteiger partial charge on any atom is 0.358 e. The molecule has 1 amide bonds. The van der Waals surface area contributed by atoms with Crippen molar-refractivity contribution in [3.05, 3.63) is 23.5 Å². The number of hydrogen-bond acceptors (Lipinski definition) is 6. The third-order valence-corrected chi connectivity index (χ3v) is 2.61. The van der Waals surface area contributed by atoms with Crippen molar-refractivity contribution in [2.75, 3.05) is 6.54 Å². The van der Waals surface area contributed by atoms with Crippen LogP contribution in [-0.4, -0.2) is 53.7 Å². The summed E-state index contributed by atoms with van der Waals surface area (Å²) in [6.45, 7) is 2.57. The summed E-state index contributed by atoms with van der Waals surface area (Å²) in [5, 5.41) is 24.9. The van der Waals surface area contributed by atoms with E-state index in [1.54, 1.807) is 0 Å². The number of nitrogens with zero attached hydrogens (tertiary/aromatic N) is 5. The minimum atomic E-state index is -1.14. The van der Waals surface area contributed by atoms with E-state index in [1.807, 2.05) is 6.92 Å². The summed E-state index contributed by atoms with van der Waals surface area (Å²) < 4.78 is 1.34. The summed E-state index contributed by atoms with van der Waals surface area (Å²) in [5.41, 5.74) is -0.139. The maximum atomic E-state index is 11.8. The Bertz CT molecular complexity index is 633. The van der Waals surface area contributed by atoms with E-state index < -0.39 is 11.9 Å². The SMILES string of the molecule is CCCc1nc(C(=O)NCCn2cc(C(=O)O)nn2)n[nH]1. The molecule has 10 heteroatoms. The van der Waals surface area contributed by atoms with Gasteiger partial charge in [0.15, 0.2) is 5.69 Å². The number of carbonyl (C=O) groups excluding carboxylic acids is 1. The molecule has 0 saturated heterocycles. The first-order valence-electron chi connectivity index (χ1n) is 6.43. The van der Waals surface area contributed by atoms with E-state index in [9.17, 15) is 9.59 Å². The molecule has 0 saturated carbocycles. The highest BCUT2D eigenvalue weighted by molar-refractivity contribution is 5.90. The van der Waals surface area contributed by atoms with Gasteiger partial charge in [0.2, 0.25) is 5.82 Å². The lowest BCUT2D eigenvalue weighted by Gasteiger charge is -2.01. The maximum absolute atomic E-state index is 11.8. The highest BCUT2D eigenvalue weighted by atomic mass is 16.4. The molecule has 0 radical (unpaired) electrons. The topological polar surface area (TPSA) is 139 Å². The minimum absolute atomic E-state index is 0.0864. The van der Waals surface area contributed by atoms with Gasteiger partial charge >= 0.3 is 5.97 Å². The molecule has 0 atom stereocenters. The molecular weight excluding hydrogens is 278 g/mol. The quantitative estimate of drug-likeness (QED) is 0.624. The summed E-state index contributed by atoms with van der Waals surface area (Å²) >= 11 is 0. The fraction of sp³-hybridized carbons (Fsp3) is 0.455. The predicted molar refractivity (Wildman–Crippen MR) is 69.7 cm³/mol. The molecule has 3 N–H and O–H groups in total. The monoisotopic (exact) mass is 293 g/mol. The molecule has 10 nitrogen and oxygen atoms in total. The molecule has 2 heterocycles. The van der Waals surface area contributed by atoms with Crippen LogP contribution in [0.15, 0.2) is 6.20 Å². The van der Waals surface area contributed by atoms with E-state index >= 15 is 0 Å². The number of amides is 1. The first-order valence-corrected chi connectivity index (χ1v) is 6.43. The number of aryl methyl sites for hydroxylation is 1. The number of carboxylic acid groups (broad SMARTS) is 1. The minimum Gasteiger partial charge on any atom is -0.476 e. The van der Waals surface area contributed by atoms with Crippen LogP contribution in [0.25, 0.3) is 0 Å². The zero-order valence-electron chi connectivity index (χ0n) is 11.4. The second-order valence-electron chi connectivity index (χ2n) is 4.28. The van der Waals surface area contributed by atoms with Gasteiger partial charge in [-0.15, -0.1) is 10.2 Å². The van der Waals surface area contributed by atoms with Gasteiger partial charge in [0.1, 0.15) is 5.82 Å². The zero-order valence-corrected chi connectivity index (χ0v) is 11.4. The Morgan fingerprint density at radius 1 is 1.48 bits per heavy atom. The summed E-state index contributed by atoms with van der Waals surface area (Å²) in [4.78, 5) is 26.5. The van der Waals surface area contributed by atoms with E-state index in [0.717, 1.165) is 12.8 Å². The number of rotatable bonds is 7. The molecule has 0 aromatic carbocycles. The van der Waals surface area contributed by atoms with Crippen LogP contribution in [0, 0.1) is 0 Å². The number of aromatic amines is 1. The predicted octanol–water partition coefficient (Wildman–Crippen LogP) is -0.523. The fourth-order valence-corrected chi connectivity index (χ4v) is 1.61. The van der Waals surface area contributed by atoms with Crippen LogP contribution >= 0.6 is 0 Å². The summed E-state index contributed by atoms with van der Waals surface area (Å²) in [7, 11) is 0. The van der Waals surface area contributed by atoms with Crippen molar-refractivity contribution in [1.29, 1.82) is 0 Å². The lowest BCUT2D eigenvalue weighted by molar-refractivity contribution is 0.0690. The largest absolute Gasteiger partial charge is 0.476 e.